The largest absolute Gasteiger partial charge is 0.481 e. The number of ether oxygens (including phenoxy) is 1. The highest BCUT2D eigenvalue weighted by molar-refractivity contribution is 6.30. The number of aliphatic carboxylic acids is 1. The van der Waals surface area contributed by atoms with Crippen molar-refractivity contribution in [1.29, 1.82) is 0 Å². The van der Waals surface area contributed by atoms with Gasteiger partial charge in [-0.1, -0.05) is 61.3 Å². The van der Waals surface area contributed by atoms with Crippen molar-refractivity contribution in [2.24, 2.45) is 0 Å². The predicted molar refractivity (Wildman–Crippen MR) is 178 cm³/mol. The smallest absolute Gasteiger partial charge is 0.305 e. The zero-order chi connectivity index (χ0) is 32.8. The van der Waals surface area contributed by atoms with Crippen LogP contribution in [0.3, 0.4) is 0 Å². The maximum Gasteiger partial charge on any atom is 0.305 e. The molecular weight excluding hydrogens is 602 g/mol. The van der Waals surface area contributed by atoms with Crippen LogP contribution < -0.4 is 10.1 Å². The number of rotatable bonds is 12. The third-order valence-corrected chi connectivity index (χ3v) is 8.82. The molecule has 8 nitrogen and oxygen atoms in total. The van der Waals surface area contributed by atoms with Gasteiger partial charge in [-0.05, 0) is 83.0 Å². The lowest BCUT2D eigenvalue weighted by atomic mass is 9.77. The van der Waals surface area contributed by atoms with Crippen molar-refractivity contribution in [2.75, 3.05) is 13.7 Å². The first-order chi connectivity index (χ1) is 22.2. The van der Waals surface area contributed by atoms with Crippen LogP contribution in [0, 0.1) is 6.92 Å². The van der Waals surface area contributed by atoms with Gasteiger partial charge in [0.1, 0.15) is 0 Å². The highest BCUT2D eigenvalue weighted by Gasteiger charge is 2.36. The second-order valence-electron chi connectivity index (χ2n) is 11.7. The molecule has 1 aromatic heterocycles. The molecule has 5 rings (SSSR count). The zero-order valence-electron chi connectivity index (χ0n) is 26.3. The van der Waals surface area contributed by atoms with E-state index >= 15 is 0 Å². The van der Waals surface area contributed by atoms with Crippen LogP contribution >= 0.6 is 11.6 Å². The first kappa shape index (κ1) is 32.7. The normalized spacial score (nSPS) is 13.5. The van der Waals surface area contributed by atoms with Crippen LogP contribution in [0.15, 0.2) is 79.0 Å². The molecule has 46 heavy (non-hydrogen) atoms. The van der Waals surface area contributed by atoms with Crippen molar-refractivity contribution in [3.8, 4) is 17.0 Å². The van der Waals surface area contributed by atoms with E-state index in [1.165, 1.54) is 0 Å². The van der Waals surface area contributed by atoms with Crippen molar-refractivity contribution in [3.63, 3.8) is 0 Å². The number of amides is 2. The summed E-state index contributed by atoms with van der Waals surface area (Å²) in [6, 6.07) is 23.0. The first-order valence-electron chi connectivity index (χ1n) is 15.5. The van der Waals surface area contributed by atoms with Crippen molar-refractivity contribution >= 4 is 29.4 Å². The van der Waals surface area contributed by atoms with Gasteiger partial charge in [0.15, 0.2) is 0 Å². The van der Waals surface area contributed by atoms with E-state index in [0.717, 1.165) is 51.8 Å². The number of carbonyl (C=O) groups is 3. The van der Waals surface area contributed by atoms with Gasteiger partial charge >= 0.3 is 5.97 Å². The minimum Gasteiger partial charge on any atom is -0.481 e. The molecule has 3 aromatic carbocycles. The lowest BCUT2D eigenvalue weighted by molar-refractivity contribution is -0.137. The highest BCUT2D eigenvalue weighted by atomic mass is 35.5. The van der Waals surface area contributed by atoms with Gasteiger partial charge in [0, 0.05) is 48.0 Å². The Hall–Kier alpha value is -4.69. The van der Waals surface area contributed by atoms with E-state index in [1.54, 1.807) is 19.2 Å². The quantitative estimate of drug-likeness (QED) is 0.171. The number of carboxylic acid groups (broad SMARTS) is 1. The number of aryl methyl sites for hydroxylation is 1. The summed E-state index contributed by atoms with van der Waals surface area (Å²) >= 11 is 6.26. The van der Waals surface area contributed by atoms with E-state index in [4.69, 9.17) is 21.4 Å². The number of hydrogen-bond acceptors (Lipinski definition) is 5. The molecule has 2 atom stereocenters. The number of nitrogens with one attached hydrogen (secondary N) is 1. The number of pyridine rings is 1. The molecule has 0 saturated carbocycles. The second kappa shape index (κ2) is 14.6. The van der Waals surface area contributed by atoms with E-state index < -0.39 is 11.9 Å². The minimum absolute atomic E-state index is 0.0382. The van der Waals surface area contributed by atoms with Crippen molar-refractivity contribution in [3.05, 3.63) is 117 Å². The third kappa shape index (κ3) is 7.40. The summed E-state index contributed by atoms with van der Waals surface area (Å²) in [5.74, 6) is -1.30. The molecular formula is C37H38ClN3O5. The Bertz CT molecular complexity index is 1720. The van der Waals surface area contributed by atoms with E-state index in [1.807, 2.05) is 60.5 Å². The van der Waals surface area contributed by atoms with Gasteiger partial charge in [-0.15, -0.1) is 0 Å². The van der Waals surface area contributed by atoms with Gasteiger partial charge in [-0.3, -0.25) is 14.4 Å². The highest BCUT2D eigenvalue weighted by Crippen LogP contribution is 2.41. The van der Waals surface area contributed by atoms with Crippen LogP contribution in [0.2, 0.25) is 5.02 Å². The average Bonchev–Trinajstić information content (AvgIpc) is 3.49. The molecule has 0 saturated heterocycles. The fourth-order valence-electron chi connectivity index (χ4n) is 6.18. The Morgan fingerprint density at radius 1 is 0.978 bits per heavy atom. The van der Waals surface area contributed by atoms with Crippen LogP contribution in [0.4, 0.5) is 0 Å². The van der Waals surface area contributed by atoms with Crippen molar-refractivity contribution in [2.45, 2.75) is 58.0 Å². The second-order valence-corrected chi connectivity index (χ2v) is 12.1. The van der Waals surface area contributed by atoms with E-state index in [2.05, 4.69) is 35.4 Å². The van der Waals surface area contributed by atoms with Gasteiger partial charge in [0.25, 0.3) is 5.91 Å². The number of methoxy groups -OCH3 is 1. The lowest BCUT2D eigenvalue weighted by Crippen LogP contribution is -2.34. The van der Waals surface area contributed by atoms with Crippen LogP contribution in [-0.2, 0) is 22.7 Å². The monoisotopic (exact) mass is 639 g/mol. The molecule has 1 aliphatic heterocycles. The summed E-state index contributed by atoms with van der Waals surface area (Å²) in [5.41, 5.74) is 7.65. The van der Waals surface area contributed by atoms with Gasteiger partial charge in [-0.2, -0.15) is 0 Å². The number of carboxylic acids is 1. The van der Waals surface area contributed by atoms with Gasteiger partial charge in [-0.25, -0.2) is 4.98 Å². The number of aromatic nitrogens is 1. The molecule has 0 bridgehead atoms. The predicted octanol–water partition coefficient (Wildman–Crippen LogP) is 7.13. The van der Waals surface area contributed by atoms with E-state index in [9.17, 15) is 14.4 Å². The number of fused-ring (bicyclic) bond motifs is 1. The Kier molecular flexibility index (Phi) is 10.4. The summed E-state index contributed by atoms with van der Waals surface area (Å²) in [5, 5.41) is 12.1. The van der Waals surface area contributed by atoms with Gasteiger partial charge in [0.2, 0.25) is 11.8 Å². The third-order valence-electron chi connectivity index (χ3n) is 8.57. The first-order valence-corrected chi connectivity index (χ1v) is 15.8. The van der Waals surface area contributed by atoms with Gasteiger partial charge < -0.3 is 20.1 Å². The Morgan fingerprint density at radius 2 is 1.67 bits per heavy atom. The number of benzene rings is 3. The molecule has 238 valence electrons. The maximum absolute atomic E-state index is 14.6. The van der Waals surface area contributed by atoms with Gasteiger partial charge in [0.05, 0.1) is 19.4 Å². The van der Waals surface area contributed by atoms with E-state index in [-0.39, 0.29) is 30.7 Å². The number of carbonyl (C=O) groups excluding carboxylic acids is 2. The number of nitrogens with zero attached hydrogens (tertiary/aromatic N) is 2. The van der Waals surface area contributed by atoms with Crippen LogP contribution in [0.25, 0.3) is 11.1 Å². The molecule has 1 aliphatic rings. The summed E-state index contributed by atoms with van der Waals surface area (Å²) < 4.78 is 5.27. The molecule has 0 aliphatic carbocycles. The standard InChI is InChI=1S/C37H38ClN3O5/c1-4-5-31(24-6-8-26(9-7-24)36(44)39-17-16-34(42)43)35(25-12-14-30(38)15-13-25)37(45)41-21-28-11-10-27(19-29(28)22-41)32-20-40-33(46-3)18-23(32)2/h6-15,18-20,31,35H,4-5,16-17,21-22H2,1-3H3,(H,39,44)(H,42,43). The molecule has 4 aromatic rings. The molecule has 0 fully saturated rings. The van der Waals surface area contributed by atoms with Crippen LogP contribution in [-0.4, -0.2) is 46.4 Å². The van der Waals surface area contributed by atoms with Crippen molar-refractivity contribution in [1.82, 2.24) is 15.2 Å². The minimum atomic E-state index is -0.970. The van der Waals surface area contributed by atoms with E-state index in [0.29, 0.717) is 29.6 Å². The Labute approximate surface area is 274 Å². The molecule has 9 heteroatoms. The average molecular weight is 640 g/mol. The topological polar surface area (TPSA) is 109 Å². The molecule has 0 radical (unpaired) electrons. The SMILES string of the molecule is CCCC(c1ccc(C(=O)NCCC(=O)O)cc1)C(C(=O)N1Cc2ccc(-c3cnc(OC)cc3C)cc2C1)c1ccc(Cl)cc1. The van der Waals surface area contributed by atoms with Crippen molar-refractivity contribution < 1.29 is 24.2 Å². The molecule has 2 heterocycles. The zero-order valence-corrected chi connectivity index (χ0v) is 27.0. The maximum atomic E-state index is 14.6. The fourth-order valence-corrected chi connectivity index (χ4v) is 6.31. The Balaban J connectivity index is 1.42. The lowest BCUT2D eigenvalue weighted by Gasteiger charge is -2.31. The van der Waals surface area contributed by atoms with Crippen LogP contribution in [0.1, 0.15) is 76.2 Å². The Morgan fingerprint density at radius 3 is 2.33 bits per heavy atom. The molecule has 2 unspecified atom stereocenters. The summed E-state index contributed by atoms with van der Waals surface area (Å²) in [6.45, 7) is 5.21. The van der Waals surface area contributed by atoms with Crippen LogP contribution in [0.5, 0.6) is 5.88 Å². The summed E-state index contributed by atoms with van der Waals surface area (Å²) in [6.07, 6.45) is 3.30. The molecule has 0 spiro atoms. The molecule has 2 amide bonds. The number of halogens is 1. The molecule has 2 N–H and O–H groups in total. The summed E-state index contributed by atoms with van der Waals surface area (Å²) in [4.78, 5) is 44.3. The summed E-state index contributed by atoms with van der Waals surface area (Å²) in [7, 11) is 1.60. The fraction of sp³-hybridized carbons (Fsp3) is 0.297. The number of hydrogen-bond donors (Lipinski definition) is 2.